The van der Waals surface area contributed by atoms with E-state index in [9.17, 15) is 10.00 Å². The van der Waals surface area contributed by atoms with E-state index in [2.05, 4.69) is 19.9 Å². The Morgan fingerprint density at radius 1 is 1.25 bits per heavy atom. The average molecular weight is 428 g/mol. The van der Waals surface area contributed by atoms with Crippen molar-refractivity contribution in [3.8, 4) is 0 Å². The summed E-state index contributed by atoms with van der Waals surface area (Å²) >= 11 is 4.92. The zero-order valence-electron chi connectivity index (χ0n) is 14.9. The van der Waals surface area contributed by atoms with Crippen molar-refractivity contribution in [3.63, 3.8) is 0 Å². The summed E-state index contributed by atoms with van der Waals surface area (Å²) in [4.78, 5) is 25.1. The van der Waals surface area contributed by atoms with Crippen LogP contribution in [0.2, 0.25) is 0 Å². The molecule has 4 N–H and O–H groups in total. The molecule has 1 unspecified atom stereocenters. The number of anilines is 2. The van der Waals surface area contributed by atoms with Gasteiger partial charge in [-0.15, -0.1) is 0 Å². The van der Waals surface area contributed by atoms with E-state index in [1.807, 2.05) is 0 Å². The third kappa shape index (κ3) is 3.00. The van der Waals surface area contributed by atoms with E-state index in [4.69, 9.17) is 31.3 Å². The Balaban J connectivity index is 1.60. The van der Waals surface area contributed by atoms with Crippen LogP contribution in [-0.2, 0) is 25.6 Å². The number of fused-ring (bicyclic) bond motifs is 2. The van der Waals surface area contributed by atoms with Crippen molar-refractivity contribution in [2.75, 3.05) is 30.3 Å². The summed E-state index contributed by atoms with van der Waals surface area (Å²) in [6.45, 7) is -1.66. The molecule has 5 atom stereocenters. The van der Waals surface area contributed by atoms with Crippen LogP contribution in [0.25, 0.3) is 11.2 Å². The SMILES string of the molecule is Nc1ncnc2c1nc(N1CCCCC1)n2[C@@H]1O[C@@H]2COP(O)(=S)O[C@@H]2[C@H]1O. The molecular formula is C15H21N6O5PS. The molecule has 0 amide bonds. The number of aliphatic hydroxyl groups is 1. The first-order valence-electron chi connectivity index (χ1n) is 9.17. The summed E-state index contributed by atoms with van der Waals surface area (Å²) in [6.07, 6.45) is 1.36. The molecule has 0 bridgehead atoms. The molecule has 0 aromatic carbocycles. The van der Waals surface area contributed by atoms with Crippen molar-refractivity contribution < 1.29 is 23.8 Å². The molecule has 13 heteroatoms. The third-order valence-electron chi connectivity index (χ3n) is 5.35. The zero-order chi connectivity index (χ0) is 19.5. The first-order valence-corrected chi connectivity index (χ1v) is 11.8. The molecular weight excluding hydrogens is 407 g/mol. The first kappa shape index (κ1) is 18.6. The highest BCUT2D eigenvalue weighted by molar-refractivity contribution is 8.07. The maximum atomic E-state index is 11.0. The van der Waals surface area contributed by atoms with Crippen molar-refractivity contribution in [3.05, 3.63) is 6.33 Å². The number of nitrogens with two attached hydrogens (primary N) is 1. The lowest BCUT2D eigenvalue weighted by molar-refractivity contribution is -0.0589. The molecule has 3 aliphatic rings. The van der Waals surface area contributed by atoms with Crippen LogP contribution in [0.1, 0.15) is 25.5 Å². The number of aliphatic hydroxyl groups excluding tert-OH is 1. The van der Waals surface area contributed by atoms with Crippen molar-refractivity contribution >= 4 is 41.5 Å². The number of rotatable bonds is 2. The minimum Gasteiger partial charge on any atom is -0.386 e. The van der Waals surface area contributed by atoms with E-state index >= 15 is 0 Å². The Hall–Kier alpha value is -1.40. The van der Waals surface area contributed by atoms with E-state index in [1.54, 1.807) is 4.57 Å². The molecule has 5 heterocycles. The van der Waals surface area contributed by atoms with Gasteiger partial charge in [0.1, 0.15) is 24.6 Å². The monoisotopic (exact) mass is 428 g/mol. The lowest BCUT2D eigenvalue weighted by atomic mass is 10.1. The van der Waals surface area contributed by atoms with Gasteiger partial charge in [-0.05, 0) is 31.1 Å². The van der Waals surface area contributed by atoms with E-state index in [0.717, 1.165) is 32.4 Å². The summed E-state index contributed by atoms with van der Waals surface area (Å²) in [5.41, 5.74) is 6.95. The number of piperidine rings is 1. The Bertz CT molecular complexity index is 952. The van der Waals surface area contributed by atoms with Gasteiger partial charge in [-0.2, -0.15) is 0 Å². The van der Waals surface area contributed by atoms with Gasteiger partial charge in [0.2, 0.25) is 5.95 Å². The third-order valence-corrected chi connectivity index (χ3v) is 6.91. The fourth-order valence-corrected chi connectivity index (χ4v) is 5.46. The number of hydrogen-bond donors (Lipinski definition) is 3. The fourth-order valence-electron chi connectivity index (χ4n) is 4.02. The molecule has 0 radical (unpaired) electrons. The maximum Gasteiger partial charge on any atom is 0.325 e. The van der Waals surface area contributed by atoms with Crippen LogP contribution in [0, 0.1) is 0 Å². The maximum absolute atomic E-state index is 11.0. The normalized spacial score (nSPS) is 36.0. The molecule has 3 aliphatic heterocycles. The zero-order valence-corrected chi connectivity index (χ0v) is 16.6. The van der Waals surface area contributed by atoms with Gasteiger partial charge in [0.15, 0.2) is 23.2 Å². The second-order valence-electron chi connectivity index (χ2n) is 7.15. The number of hydrogen-bond acceptors (Lipinski definition) is 10. The van der Waals surface area contributed by atoms with E-state index in [1.165, 1.54) is 6.33 Å². The molecule has 28 heavy (non-hydrogen) atoms. The highest BCUT2D eigenvalue weighted by Gasteiger charge is 2.52. The summed E-state index contributed by atoms with van der Waals surface area (Å²) in [7, 11) is 0. The van der Waals surface area contributed by atoms with Crippen molar-refractivity contribution in [2.45, 2.75) is 43.8 Å². The average Bonchev–Trinajstić information content (AvgIpc) is 3.21. The van der Waals surface area contributed by atoms with Gasteiger partial charge < -0.3 is 29.9 Å². The van der Waals surface area contributed by atoms with E-state index < -0.39 is 31.3 Å². The van der Waals surface area contributed by atoms with Crippen LogP contribution in [0.5, 0.6) is 0 Å². The largest absolute Gasteiger partial charge is 0.386 e. The van der Waals surface area contributed by atoms with Gasteiger partial charge in [-0.25, -0.2) is 15.0 Å². The second-order valence-corrected chi connectivity index (χ2v) is 9.94. The van der Waals surface area contributed by atoms with Crippen molar-refractivity contribution in [1.82, 2.24) is 19.5 Å². The minimum atomic E-state index is -3.38. The molecule has 2 aromatic heterocycles. The Morgan fingerprint density at radius 2 is 2.04 bits per heavy atom. The quantitative estimate of drug-likeness (QED) is 0.568. The number of ether oxygens (including phenoxy) is 1. The van der Waals surface area contributed by atoms with Gasteiger partial charge in [0.05, 0.1) is 6.61 Å². The van der Waals surface area contributed by atoms with Crippen molar-refractivity contribution in [2.24, 2.45) is 0 Å². The van der Waals surface area contributed by atoms with Crippen molar-refractivity contribution in [1.29, 1.82) is 0 Å². The van der Waals surface area contributed by atoms with Crippen LogP contribution in [0.4, 0.5) is 11.8 Å². The minimum absolute atomic E-state index is 0.0504. The van der Waals surface area contributed by atoms with Gasteiger partial charge >= 0.3 is 6.72 Å². The summed E-state index contributed by atoms with van der Waals surface area (Å²) in [5.74, 6) is 0.881. The lowest BCUT2D eigenvalue weighted by Crippen LogP contribution is -2.39. The van der Waals surface area contributed by atoms with E-state index in [-0.39, 0.29) is 12.4 Å². The summed E-state index contributed by atoms with van der Waals surface area (Å²) in [6, 6.07) is 0. The number of nitrogen functional groups attached to an aromatic ring is 1. The molecule has 11 nitrogen and oxygen atoms in total. The Labute approximate surface area is 165 Å². The first-order chi connectivity index (χ1) is 13.4. The summed E-state index contributed by atoms with van der Waals surface area (Å²) in [5, 5.41) is 11.0. The molecule has 3 fully saturated rings. The molecule has 2 aromatic rings. The molecule has 0 saturated carbocycles. The number of imidazole rings is 1. The second kappa shape index (κ2) is 6.84. The Morgan fingerprint density at radius 3 is 2.82 bits per heavy atom. The van der Waals surface area contributed by atoms with Gasteiger partial charge in [-0.3, -0.25) is 9.09 Å². The predicted octanol–water partition coefficient (Wildman–Crippen LogP) is 0.289. The molecule has 0 aliphatic carbocycles. The highest BCUT2D eigenvalue weighted by atomic mass is 32.5. The predicted molar refractivity (Wildman–Crippen MR) is 103 cm³/mol. The van der Waals surface area contributed by atoms with Gasteiger partial charge in [-0.1, -0.05) is 0 Å². The number of nitrogens with zero attached hydrogens (tertiary/aromatic N) is 5. The van der Waals surface area contributed by atoms with Crippen LogP contribution in [0.3, 0.4) is 0 Å². The highest BCUT2D eigenvalue weighted by Crippen LogP contribution is 2.53. The van der Waals surface area contributed by atoms with Crippen LogP contribution in [-0.4, -0.2) is 67.5 Å². The molecule has 3 saturated heterocycles. The summed E-state index contributed by atoms with van der Waals surface area (Å²) < 4.78 is 18.4. The standard InChI is InChI=1S/C15H21N6O5PS/c16-12-9-13(18-7-17-12)21(15(19-9)20-4-2-1-3-5-20)14-10(22)11-8(25-14)6-24-27(23,28)26-11/h7-8,10-11,14,22H,1-6H2,(H,23,28)(H2,16,17,18)/t8-,10-,11+,14-,27?/m1/s1. The van der Waals surface area contributed by atoms with Gasteiger partial charge in [0, 0.05) is 13.1 Å². The molecule has 0 spiro atoms. The fraction of sp³-hybridized carbons (Fsp3) is 0.667. The van der Waals surface area contributed by atoms with E-state index in [0.29, 0.717) is 17.1 Å². The molecule has 5 rings (SSSR count). The molecule has 152 valence electrons. The van der Waals surface area contributed by atoms with Gasteiger partial charge in [0.25, 0.3) is 0 Å². The lowest BCUT2D eigenvalue weighted by Gasteiger charge is -2.30. The topological polar surface area (TPSA) is 141 Å². The smallest absolute Gasteiger partial charge is 0.325 e. The Kier molecular flexibility index (Phi) is 4.55. The van der Waals surface area contributed by atoms with Crippen LogP contribution >= 0.6 is 6.72 Å². The number of aromatic nitrogens is 4. The van der Waals surface area contributed by atoms with Crippen LogP contribution < -0.4 is 10.6 Å². The van der Waals surface area contributed by atoms with Crippen LogP contribution in [0.15, 0.2) is 6.33 Å².